The number of aryl methyl sites for hydroxylation is 1. The maximum atomic E-state index is 4.38. The fourth-order valence-corrected chi connectivity index (χ4v) is 3.67. The van der Waals surface area contributed by atoms with Gasteiger partial charge in [-0.3, -0.25) is 4.99 Å². The van der Waals surface area contributed by atoms with Crippen molar-refractivity contribution in [3.05, 3.63) is 84.3 Å². The highest BCUT2D eigenvalue weighted by atomic mass is 15.3. The Bertz CT molecular complexity index is 1110. The van der Waals surface area contributed by atoms with Crippen molar-refractivity contribution in [1.82, 2.24) is 25.4 Å². The summed E-state index contributed by atoms with van der Waals surface area (Å²) in [4.78, 5) is 7.73. The molecule has 0 aliphatic heterocycles. The summed E-state index contributed by atoms with van der Waals surface area (Å²) in [5.74, 6) is 0.811. The topological polar surface area (TPSA) is 70.0 Å². The Balaban J connectivity index is 1.30. The number of rotatable bonds is 7. The van der Waals surface area contributed by atoms with Crippen LogP contribution in [0.1, 0.15) is 30.5 Å². The molecule has 0 saturated carbocycles. The van der Waals surface area contributed by atoms with Gasteiger partial charge in [0.1, 0.15) is 0 Å². The molecule has 0 aliphatic rings. The molecule has 0 aliphatic carbocycles. The number of nitrogens with zero attached hydrogens (tertiary/aromatic N) is 3. The number of guanidine groups is 1. The summed E-state index contributed by atoms with van der Waals surface area (Å²) in [6, 6.07) is 18.9. The molecular formula is C24H28N6. The van der Waals surface area contributed by atoms with Crippen LogP contribution in [0.3, 0.4) is 0 Å². The molecule has 1 unspecified atom stereocenters. The monoisotopic (exact) mass is 400 g/mol. The number of aromatic nitrogens is 3. The lowest BCUT2D eigenvalue weighted by molar-refractivity contribution is 0.673. The fourth-order valence-electron chi connectivity index (χ4n) is 3.67. The van der Waals surface area contributed by atoms with Gasteiger partial charge in [0, 0.05) is 43.1 Å². The number of hydrogen-bond donors (Lipinski definition) is 3. The van der Waals surface area contributed by atoms with E-state index in [2.05, 4.69) is 87.4 Å². The molecule has 0 spiro atoms. The summed E-state index contributed by atoms with van der Waals surface area (Å²) in [6.45, 7) is 3.00. The molecule has 0 amide bonds. The molecule has 2 aromatic carbocycles. The van der Waals surface area contributed by atoms with Gasteiger partial charge in [0.25, 0.3) is 0 Å². The average molecular weight is 401 g/mol. The van der Waals surface area contributed by atoms with Crippen molar-refractivity contribution in [2.24, 2.45) is 4.99 Å². The molecule has 0 saturated heterocycles. The molecule has 6 nitrogen and oxygen atoms in total. The first-order chi connectivity index (χ1) is 14.7. The Kier molecular flexibility index (Phi) is 6.13. The van der Waals surface area contributed by atoms with E-state index in [0.717, 1.165) is 31.0 Å². The van der Waals surface area contributed by atoms with Crippen molar-refractivity contribution >= 4 is 16.9 Å². The average Bonchev–Trinajstić information content (AvgIpc) is 3.46. The molecule has 3 N–H and O–H groups in total. The van der Waals surface area contributed by atoms with Crippen molar-refractivity contribution in [3.8, 4) is 5.69 Å². The lowest BCUT2D eigenvalue weighted by atomic mass is 10.1. The van der Waals surface area contributed by atoms with E-state index in [1.807, 2.05) is 24.0 Å². The zero-order valence-corrected chi connectivity index (χ0v) is 17.5. The van der Waals surface area contributed by atoms with E-state index >= 15 is 0 Å². The van der Waals surface area contributed by atoms with Crippen LogP contribution in [0.2, 0.25) is 0 Å². The lowest BCUT2D eigenvalue weighted by Crippen LogP contribution is -2.39. The quantitative estimate of drug-likeness (QED) is 0.247. The van der Waals surface area contributed by atoms with Crippen LogP contribution in [-0.2, 0) is 6.42 Å². The zero-order valence-electron chi connectivity index (χ0n) is 17.5. The summed E-state index contributed by atoms with van der Waals surface area (Å²) in [7, 11) is 1.81. The van der Waals surface area contributed by atoms with Crippen molar-refractivity contribution in [3.63, 3.8) is 0 Å². The van der Waals surface area contributed by atoms with Crippen molar-refractivity contribution in [2.45, 2.75) is 25.8 Å². The third-order valence-corrected chi connectivity index (χ3v) is 5.31. The van der Waals surface area contributed by atoms with E-state index in [4.69, 9.17) is 0 Å². The van der Waals surface area contributed by atoms with Crippen LogP contribution in [0.25, 0.3) is 16.6 Å². The van der Waals surface area contributed by atoms with E-state index in [9.17, 15) is 0 Å². The summed E-state index contributed by atoms with van der Waals surface area (Å²) in [5, 5.41) is 12.5. The molecule has 154 valence electrons. The minimum absolute atomic E-state index is 0.125. The van der Waals surface area contributed by atoms with Gasteiger partial charge < -0.3 is 15.6 Å². The maximum Gasteiger partial charge on any atom is 0.191 e. The SMILES string of the molecule is CN=C(NCCCc1c[nH]c2ccccc12)NC(C)c1cccc(-n2cccn2)c1. The summed E-state index contributed by atoms with van der Waals surface area (Å²) < 4.78 is 1.87. The Morgan fingerprint density at radius 3 is 2.90 bits per heavy atom. The van der Waals surface area contributed by atoms with Gasteiger partial charge in [0.05, 0.1) is 11.7 Å². The van der Waals surface area contributed by atoms with Crippen LogP contribution in [0.5, 0.6) is 0 Å². The highest BCUT2D eigenvalue weighted by Gasteiger charge is 2.09. The van der Waals surface area contributed by atoms with E-state index < -0.39 is 0 Å². The standard InChI is InChI=1S/C24H28N6/c1-18(19-8-5-10-21(16-19)30-15-7-14-28-30)29-24(25-2)26-13-6-9-20-17-27-23-12-4-3-11-22(20)23/h3-5,7-8,10-12,14-18,27H,6,9,13H2,1-2H3,(H2,25,26,29). The largest absolute Gasteiger partial charge is 0.361 e. The van der Waals surface area contributed by atoms with Crippen LogP contribution in [-0.4, -0.2) is 34.3 Å². The summed E-state index contributed by atoms with van der Waals surface area (Å²) in [5.41, 5.74) is 4.79. The van der Waals surface area contributed by atoms with Crippen molar-refractivity contribution < 1.29 is 0 Å². The number of benzene rings is 2. The van der Waals surface area contributed by atoms with Gasteiger partial charge in [-0.2, -0.15) is 5.10 Å². The van der Waals surface area contributed by atoms with Gasteiger partial charge in [-0.25, -0.2) is 4.68 Å². The minimum atomic E-state index is 0.125. The highest BCUT2D eigenvalue weighted by molar-refractivity contribution is 5.83. The molecule has 4 aromatic rings. The van der Waals surface area contributed by atoms with Gasteiger partial charge in [-0.1, -0.05) is 30.3 Å². The number of H-pyrrole nitrogens is 1. The molecule has 2 heterocycles. The molecule has 30 heavy (non-hydrogen) atoms. The van der Waals surface area contributed by atoms with Crippen LogP contribution < -0.4 is 10.6 Å². The summed E-state index contributed by atoms with van der Waals surface area (Å²) >= 11 is 0. The number of aliphatic imine (C=N–C) groups is 1. The lowest BCUT2D eigenvalue weighted by Gasteiger charge is -2.19. The van der Waals surface area contributed by atoms with Crippen molar-refractivity contribution in [2.75, 3.05) is 13.6 Å². The Hall–Kier alpha value is -3.54. The van der Waals surface area contributed by atoms with Gasteiger partial charge in [0.15, 0.2) is 5.96 Å². The van der Waals surface area contributed by atoms with Gasteiger partial charge in [-0.15, -0.1) is 0 Å². The zero-order chi connectivity index (χ0) is 20.8. The first kappa shape index (κ1) is 19.8. The fraction of sp³-hybridized carbons (Fsp3) is 0.250. The van der Waals surface area contributed by atoms with Crippen LogP contribution >= 0.6 is 0 Å². The van der Waals surface area contributed by atoms with Gasteiger partial charge in [0.2, 0.25) is 0 Å². The van der Waals surface area contributed by atoms with E-state index in [-0.39, 0.29) is 6.04 Å². The molecular weight excluding hydrogens is 372 g/mol. The molecule has 0 radical (unpaired) electrons. The molecule has 6 heteroatoms. The Labute approximate surface area is 177 Å². The molecule has 2 aromatic heterocycles. The predicted molar refractivity (Wildman–Crippen MR) is 123 cm³/mol. The number of aromatic amines is 1. The molecule has 0 bridgehead atoms. The summed E-state index contributed by atoms with van der Waals surface area (Å²) in [6.07, 6.45) is 7.91. The van der Waals surface area contributed by atoms with Crippen LogP contribution in [0.15, 0.2) is 78.2 Å². The Morgan fingerprint density at radius 2 is 2.07 bits per heavy atom. The van der Waals surface area contributed by atoms with E-state index in [1.54, 1.807) is 6.20 Å². The van der Waals surface area contributed by atoms with Crippen LogP contribution in [0, 0.1) is 0 Å². The molecule has 4 rings (SSSR count). The van der Waals surface area contributed by atoms with Crippen LogP contribution in [0.4, 0.5) is 0 Å². The second-order valence-electron chi connectivity index (χ2n) is 7.37. The number of para-hydroxylation sites is 1. The van der Waals surface area contributed by atoms with Gasteiger partial charge >= 0.3 is 0 Å². The first-order valence-electron chi connectivity index (χ1n) is 10.4. The number of fused-ring (bicyclic) bond motifs is 1. The maximum absolute atomic E-state index is 4.38. The molecule has 0 fully saturated rings. The second-order valence-corrected chi connectivity index (χ2v) is 7.37. The van der Waals surface area contributed by atoms with E-state index in [1.165, 1.54) is 22.0 Å². The predicted octanol–water partition coefficient (Wildman–Crippen LogP) is 4.21. The highest BCUT2D eigenvalue weighted by Crippen LogP contribution is 2.19. The number of hydrogen-bond acceptors (Lipinski definition) is 2. The third-order valence-electron chi connectivity index (χ3n) is 5.31. The molecule has 1 atom stereocenters. The minimum Gasteiger partial charge on any atom is -0.361 e. The first-order valence-corrected chi connectivity index (χ1v) is 10.4. The smallest absolute Gasteiger partial charge is 0.191 e. The van der Waals surface area contributed by atoms with Crippen molar-refractivity contribution in [1.29, 1.82) is 0 Å². The number of nitrogens with one attached hydrogen (secondary N) is 3. The van der Waals surface area contributed by atoms with E-state index in [0.29, 0.717) is 0 Å². The Morgan fingerprint density at radius 1 is 1.17 bits per heavy atom. The second kappa shape index (κ2) is 9.31. The third kappa shape index (κ3) is 4.54. The van der Waals surface area contributed by atoms with Gasteiger partial charge in [-0.05, 0) is 55.2 Å². The normalized spacial score (nSPS) is 12.8.